The van der Waals surface area contributed by atoms with Crippen molar-refractivity contribution in [2.75, 3.05) is 0 Å². The standard InChI is InChI=1S/C2H9B3N3/c1-4-6-3-7-5(2)8-4/h6-8H,1-2H3. The number of hydrogen-bond donors (Lipinski definition) is 3. The lowest BCUT2D eigenvalue weighted by Gasteiger charge is -2.22. The van der Waals surface area contributed by atoms with Crippen LogP contribution < -0.4 is 15.4 Å². The van der Waals surface area contributed by atoms with Crippen LogP contribution in [0.5, 0.6) is 0 Å². The fourth-order valence-electron chi connectivity index (χ4n) is 0.769. The Morgan fingerprint density at radius 2 is 1.62 bits per heavy atom. The van der Waals surface area contributed by atoms with Crippen LogP contribution in [0.4, 0.5) is 0 Å². The van der Waals surface area contributed by atoms with Gasteiger partial charge in [-0.1, -0.05) is 13.6 Å². The Kier molecular flexibility index (Phi) is 1.99. The van der Waals surface area contributed by atoms with Crippen molar-refractivity contribution in [1.82, 2.24) is 15.4 Å². The third-order valence-corrected chi connectivity index (χ3v) is 1.17. The van der Waals surface area contributed by atoms with E-state index in [1.54, 1.807) is 0 Å². The van der Waals surface area contributed by atoms with Crippen molar-refractivity contribution in [2.24, 2.45) is 0 Å². The van der Waals surface area contributed by atoms with Crippen LogP contribution in [-0.4, -0.2) is 21.5 Å². The van der Waals surface area contributed by atoms with Crippen molar-refractivity contribution < 1.29 is 0 Å². The van der Waals surface area contributed by atoms with Crippen molar-refractivity contribution in [2.45, 2.75) is 13.6 Å². The summed E-state index contributed by atoms with van der Waals surface area (Å²) in [6, 6.07) is 0. The second-order valence-corrected chi connectivity index (χ2v) is 2.09. The Hall–Kier alpha value is 0.0748. The molecule has 0 bridgehead atoms. The maximum atomic E-state index is 3.23. The first-order chi connectivity index (χ1) is 3.79. The molecule has 1 aliphatic rings. The number of nitrogens with one attached hydrogen (secondary N) is 3. The molecule has 1 aliphatic heterocycles. The number of rotatable bonds is 0. The van der Waals surface area contributed by atoms with Crippen LogP contribution in [0.1, 0.15) is 0 Å². The third-order valence-electron chi connectivity index (χ3n) is 1.17. The molecule has 3 nitrogen and oxygen atoms in total. The summed E-state index contributed by atoms with van der Waals surface area (Å²) in [5.74, 6) is 0. The Bertz CT molecular complexity index is 70.9. The van der Waals surface area contributed by atoms with Crippen molar-refractivity contribution in [3.05, 3.63) is 0 Å². The van der Waals surface area contributed by atoms with E-state index in [1.165, 1.54) is 0 Å². The van der Waals surface area contributed by atoms with Gasteiger partial charge in [-0.25, -0.2) is 0 Å². The molecule has 0 amide bonds. The minimum Gasteiger partial charge on any atom is -0.375 e. The van der Waals surface area contributed by atoms with Crippen molar-refractivity contribution in [1.29, 1.82) is 0 Å². The van der Waals surface area contributed by atoms with Gasteiger partial charge in [-0.3, -0.25) is 0 Å². The molecule has 1 radical (unpaired) electrons. The van der Waals surface area contributed by atoms with E-state index >= 15 is 0 Å². The van der Waals surface area contributed by atoms with Gasteiger partial charge in [-0.15, -0.1) is 0 Å². The van der Waals surface area contributed by atoms with E-state index in [1.807, 2.05) is 7.55 Å². The molecule has 1 fully saturated rings. The fraction of sp³-hybridized carbons (Fsp3) is 1.00. The summed E-state index contributed by atoms with van der Waals surface area (Å²) in [6.45, 7) is 4.94. The van der Waals surface area contributed by atoms with Gasteiger partial charge < -0.3 is 15.4 Å². The van der Waals surface area contributed by atoms with Crippen LogP contribution in [0.15, 0.2) is 0 Å². The van der Waals surface area contributed by atoms with Crippen LogP contribution in [-0.2, 0) is 0 Å². The molecule has 1 saturated heterocycles. The molecule has 0 aromatic rings. The highest BCUT2D eigenvalue weighted by Crippen LogP contribution is 1.75. The zero-order valence-corrected chi connectivity index (χ0v) is 5.23. The van der Waals surface area contributed by atoms with Crippen LogP contribution in [0.25, 0.3) is 0 Å². The predicted octanol–water partition coefficient (Wildman–Crippen LogP) is -1.46. The molecule has 0 aliphatic carbocycles. The molecule has 41 valence electrons. The van der Waals surface area contributed by atoms with Gasteiger partial charge in [0.25, 0.3) is 21.5 Å². The Morgan fingerprint density at radius 1 is 1.12 bits per heavy atom. The molecule has 8 heavy (non-hydrogen) atoms. The topological polar surface area (TPSA) is 36.1 Å². The summed E-state index contributed by atoms with van der Waals surface area (Å²) in [7, 11) is 1.87. The second-order valence-electron chi connectivity index (χ2n) is 2.09. The lowest BCUT2D eigenvalue weighted by molar-refractivity contribution is 1.20. The van der Waals surface area contributed by atoms with Crippen molar-refractivity contribution in [3.8, 4) is 0 Å². The highest BCUT2D eigenvalue weighted by atomic mass is 15.0. The molecule has 6 heteroatoms. The summed E-state index contributed by atoms with van der Waals surface area (Å²) in [4.78, 5) is 0. The number of hydrogen-bond acceptors (Lipinski definition) is 3. The van der Waals surface area contributed by atoms with Crippen LogP contribution >= 0.6 is 0 Å². The zero-order valence-electron chi connectivity index (χ0n) is 5.23. The van der Waals surface area contributed by atoms with E-state index in [0.717, 1.165) is 0 Å². The molecule has 1 heterocycles. The molecule has 3 N–H and O–H groups in total. The van der Waals surface area contributed by atoms with Gasteiger partial charge >= 0.3 is 0 Å². The van der Waals surface area contributed by atoms with E-state index in [9.17, 15) is 0 Å². The van der Waals surface area contributed by atoms with Gasteiger partial charge in [-0.2, -0.15) is 0 Å². The molecule has 0 saturated carbocycles. The van der Waals surface area contributed by atoms with E-state index in [4.69, 9.17) is 0 Å². The second kappa shape index (κ2) is 2.57. The highest BCUT2D eigenvalue weighted by Gasteiger charge is 2.18. The largest absolute Gasteiger partial charge is 0.375 e. The molecular formula is C2H9B3N3. The lowest BCUT2D eigenvalue weighted by atomic mass is 9.59. The fourth-order valence-corrected chi connectivity index (χ4v) is 0.769. The van der Waals surface area contributed by atoms with Crippen molar-refractivity contribution in [3.63, 3.8) is 0 Å². The maximum absolute atomic E-state index is 3.23. The van der Waals surface area contributed by atoms with Gasteiger partial charge in [-0.05, 0) is 0 Å². The van der Waals surface area contributed by atoms with E-state index in [-0.39, 0.29) is 0 Å². The smallest absolute Gasteiger partial charge is 0.285 e. The molecule has 0 aromatic carbocycles. The molecular weight excluding hydrogens is 98.5 g/mol. The Labute approximate surface area is 51.5 Å². The summed E-state index contributed by atoms with van der Waals surface area (Å²) >= 11 is 0. The van der Waals surface area contributed by atoms with Crippen molar-refractivity contribution >= 4 is 21.5 Å². The summed E-state index contributed by atoms with van der Waals surface area (Å²) < 4.78 is 0. The van der Waals surface area contributed by atoms with Crippen LogP contribution in [0.3, 0.4) is 0 Å². The Balaban J connectivity index is 2.23. The quantitative estimate of drug-likeness (QED) is 0.331. The zero-order chi connectivity index (χ0) is 5.98. The van der Waals surface area contributed by atoms with Gasteiger partial charge in [0.2, 0.25) is 0 Å². The first kappa shape index (κ1) is 6.20. The van der Waals surface area contributed by atoms with E-state index in [0.29, 0.717) is 14.0 Å². The molecule has 0 atom stereocenters. The van der Waals surface area contributed by atoms with Gasteiger partial charge in [0, 0.05) is 0 Å². The first-order valence-corrected chi connectivity index (χ1v) is 2.89. The highest BCUT2D eigenvalue weighted by molar-refractivity contribution is 6.80. The monoisotopic (exact) mass is 108 g/mol. The maximum Gasteiger partial charge on any atom is 0.285 e. The third kappa shape index (κ3) is 1.54. The average Bonchev–Trinajstić information content (AvgIpc) is 1.64. The van der Waals surface area contributed by atoms with Gasteiger partial charge in [0.15, 0.2) is 0 Å². The lowest BCUT2D eigenvalue weighted by Crippen LogP contribution is -2.67. The predicted molar refractivity (Wildman–Crippen MR) is 38.4 cm³/mol. The van der Waals surface area contributed by atoms with Crippen LogP contribution in [0.2, 0.25) is 13.6 Å². The first-order valence-electron chi connectivity index (χ1n) is 2.89. The molecule has 0 aromatic heterocycles. The van der Waals surface area contributed by atoms with E-state index in [2.05, 4.69) is 29.1 Å². The summed E-state index contributed by atoms with van der Waals surface area (Å²) in [5, 5.41) is 9.36. The molecule has 0 unspecified atom stereocenters. The summed E-state index contributed by atoms with van der Waals surface area (Å²) in [5.41, 5.74) is 0. The SMILES string of the molecule is CB1N[B]NB(C)N1. The van der Waals surface area contributed by atoms with Gasteiger partial charge in [0.05, 0.1) is 0 Å². The average molecular weight is 108 g/mol. The summed E-state index contributed by atoms with van der Waals surface area (Å²) in [6.07, 6.45) is 0. The Morgan fingerprint density at radius 3 is 1.88 bits per heavy atom. The normalized spacial score (nSPS) is 20.8. The molecule has 1 rings (SSSR count). The minimum atomic E-state index is 0.395. The molecule has 0 spiro atoms. The van der Waals surface area contributed by atoms with E-state index < -0.39 is 0 Å². The van der Waals surface area contributed by atoms with Crippen LogP contribution in [0, 0.1) is 0 Å². The minimum absolute atomic E-state index is 0.395. The van der Waals surface area contributed by atoms with Gasteiger partial charge in [0.1, 0.15) is 0 Å².